The molecule has 0 aromatic heterocycles. The highest BCUT2D eigenvalue weighted by atomic mass is 16.3. The Morgan fingerprint density at radius 3 is 2.44 bits per heavy atom. The molecule has 0 aliphatic heterocycles. The van der Waals surface area contributed by atoms with Gasteiger partial charge in [0.25, 0.3) is 0 Å². The summed E-state index contributed by atoms with van der Waals surface area (Å²) >= 11 is 0. The molecular formula is C12H26N2O2. The molecule has 0 fully saturated rings. The molecule has 4 heteroatoms. The summed E-state index contributed by atoms with van der Waals surface area (Å²) in [7, 11) is 0. The topological polar surface area (TPSA) is 75.4 Å². The van der Waals surface area contributed by atoms with Crippen molar-refractivity contribution in [1.29, 1.82) is 0 Å². The molecule has 0 rings (SSSR count). The number of hydrogen-bond acceptors (Lipinski definition) is 3. The summed E-state index contributed by atoms with van der Waals surface area (Å²) in [5, 5.41) is 12.2. The van der Waals surface area contributed by atoms with Gasteiger partial charge >= 0.3 is 0 Å². The predicted molar refractivity (Wildman–Crippen MR) is 65.9 cm³/mol. The molecule has 2 unspecified atom stereocenters. The number of aliphatic hydroxyl groups is 1. The monoisotopic (exact) mass is 230 g/mol. The molecule has 4 N–H and O–H groups in total. The van der Waals surface area contributed by atoms with Gasteiger partial charge in [-0.2, -0.15) is 0 Å². The molecule has 0 bridgehead atoms. The molecule has 0 saturated carbocycles. The fourth-order valence-electron chi connectivity index (χ4n) is 1.35. The first-order valence-electron chi connectivity index (χ1n) is 6.12. The van der Waals surface area contributed by atoms with E-state index in [2.05, 4.69) is 12.2 Å². The largest absolute Gasteiger partial charge is 0.391 e. The van der Waals surface area contributed by atoms with Crippen molar-refractivity contribution in [2.75, 3.05) is 13.1 Å². The molecule has 0 heterocycles. The van der Waals surface area contributed by atoms with Crippen LogP contribution in [0.25, 0.3) is 0 Å². The van der Waals surface area contributed by atoms with Crippen LogP contribution in [0.2, 0.25) is 0 Å². The molecule has 0 aliphatic carbocycles. The standard InChI is InChI=1S/C12H26N2O2/c1-9(2)11(15)8-14-12(16)5-4-10(3)6-7-13/h9-11,15H,4-8,13H2,1-3H3,(H,14,16). The zero-order valence-corrected chi connectivity index (χ0v) is 10.7. The number of nitrogens with two attached hydrogens (primary N) is 1. The average molecular weight is 230 g/mol. The van der Waals surface area contributed by atoms with Crippen LogP contribution in [0.5, 0.6) is 0 Å². The second-order valence-corrected chi connectivity index (χ2v) is 4.84. The van der Waals surface area contributed by atoms with Crippen LogP contribution in [0, 0.1) is 11.8 Å². The summed E-state index contributed by atoms with van der Waals surface area (Å²) in [6.07, 6.45) is 1.89. The second kappa shape index (κ2) is 8.53. The molecule has 0 radical (unpaired) electrons. The maximum atomic E-state index is 11.4. The van der Waals surface area contributed by atoms with E-state index >= 15 is 0 Å². The summed E-state index contributed by atoms with van der Waals surface area (Å²) in [6.45, 7) is 6.99. The van der Waals surface area contributed by atoms with Gasteiger partial charge in [0.2, 0.25) is 5.91 Å². The van der Waals surface area contributed by atoms with Gasteiger partial charge in [-0.25, -0.2) is 0 Å². The van der Waals surface area contributed by atoms with E-state index in [0.717, 1.165) is 12.8 Å². The number of carbonyl (C=O) groups excluding carboxylic acids is 1. The van der Waals surface area contributed by atoms with Crippen molar-refractivity contribution in [2.45, 2.75) is 46.1 Å². The zero-order valence-electron chi connectivity index (χ0n) is 10.7. The third-order valence-corrected chi connectivity index (χ3v) is 2.80. The van der Waals surface area contributed by atoms with E-state index < -0.39 is 6.10 Å². The Labute approximate surface area is 98.6 Å². The van der Waals surface area contributed by atoms with E-state index in [9.17, 15) is 9.90 Å². The first kappa shape index (κ1) is 15.4. The van der Waals surface area contributed by atoms with Crippen molar-refractivity contribution in [3.63, 3.8) is 0 Å². The Hall–Kier alpha value is -0.610. The van der Waals surface area contributed by atoms with Crippen molar-refractivity contribution in [3.8, 4) is 0 Å². The van der Waals surface area contributed by atoms with Gasteiger partial charge < -0.3 is 16.2 Å². The third kappa shape index (κ3) is 7.65. The summed E-state index contributed by atoms with van der Waals surface area (Å²) < 4.78 is 0. The molecule has 2 atom stereocenters. The molecule has 96 valence electrons. The third-order valence-electron chi connectivity index (χ3n) is 2.80. The van der Waals surface area contributed by atoms with Crippen molar-refractivity contribution in [1.82, 2.24) is 5.32 Å². The van der Waals surface area contributed by atoms with E-state index in [1.54, 1.807) is 0 Å². The molecule has 4 nitrogen and oxygen atoms in total. The van der Waals surface area contributed by atoms with Gasteiger partial charge in [-0.15, -0.1) is 0 Å². The number of nitrogens with one attached hydrogen (secondary N) is 1. The highest BCUT2D eigenvalue weighted by molar-refractivity contribution is 5.75. The molecule has 16 heavy (non-hydrogen) atoms. The van der Waals surface area contributed by atoms with E-state index in [1.165, 1.54) is 0 Å². The first-order valence-corrected chi connectivity index (χ1v) is 6.12. The highest BCUT2D eigenvalue weighted by Crippen LogP contribution is 2.08. The minimum atomic E-state index is -0.453. The SMILES string of the molecule is CC(CCN)CCC(=O)NCC(O)C(C)C. The van der Waals surface area contributed by atoms with Crippen LogP contribution in [-0.2, 0) is 4.79 Å². The normalized spacial score (nSPS) is 14.9. The van der Waals surface area contributed by atoms with Gasteiger partial charge in [-0.05, 0) is 31.2 Å². The van der Waals surface area contributed by atoms with Crippen LogP contribution in [0.1, 0.15) is 40.0 Å². The summed E-state index contributed by atoms with van der Waals surface area (Å²) in [5.41, 5.74) is 5.43. The Morgan fingerprint density at radius 2 is 1.94 bits per heavy atom. The molecule has 0 aromatic rings. The lowest BCUT2D eigenvalue weighted by Gasteiger charge is -2.15. The Kier molecular flexibility index (Phi) is 8.21. The Balaban J connectivity index is 3.59. The molecule has 0 saturated heterocycles. The van der Waals surface area contributed by atoms with E-state index in [4.69, 9.17) is 5.73 Å². The van der Waals surface area contributed by atoms with Gasteiger partial charge in [0.05, 0.1) is 6.10 Å². The maximum absolute atomic E-state index is 11.4. The molecule has 1 amide bonds. The van der Waals surface area contributed by atoms with Crippen LogP contribution >= 0.6 is 0 Å². The number of amides is 1. The second-order valence-electron chi connectivity index (χ2n) is 4.84. The molecule has 0 spiro atoms. The Bertz CT molecular complexity index is 195. The van der Waals surface area contributed by atoms with E-state index in [1.807, 2.05) is 13.8 Å². The predicted octanol–water partition coefficient (Wildman–Crippen LogP) is 0.885. The number of hydrogen-bond donors (Lipinski definition) is 3. The van der Waals surface area contributed by atoms with Crippen molar-refractivity contribution < 1.29 is 9.90 Å². The maximum Gasteiger partial charge on any atom is 0.220 e. The van der Waals surface area contributed by atoms with Crippen LogP contribution in [0.15, 0.2) is 0 Å². The van der Waals surface area contributed by atoms with Gasteiger partial charge in [0, 0.05) is 13.0 Å². The number of aliphatic hydroxyl groups excluding tert-OH is 1. The van der Waals surface area contributed by atoms with Crippen LogP contribution in [0.4, 0.5) is 0 Å². The lowest BCUT2D eigenvalue weighted by Crippen LogP contribution is -2.34. The summed E-state index contributed by atoms with van der Waals surface area (Å²) in [4.78, 5) is 11.4. The fourth-order valence-corrected chi connectivity index (χ4v) is 1.35. The van der Waals surface area contributed by atoms with Crippen molar-refractivity contribution in [3.05, 3.63) is 0 Å². The lowest BCUT2D eigenvalue weighted by atomic mass is 10.0. The van der Waals surface area contributed by atoms with Crippen LogP contribution in [-0.4, -0.2) is 30.2 Å². The summed E-state index contributed by atoms with van der Waals surface area (Å²) in [5.74, 6) is 0.686. The molecule has 0 aliphatic rings. The van der Waals surface area contributed by atoms with Gasteiger partial charge in [0.1, 0.15) is 0 Å². The van der Waals surface area contributed by atoms with Crippen molar-refractivity contribution in [2.24, 2.45) is 17.6 Å². The number of carbonyl (C=O) groups is 1. The summed E-state index contributed by atoms with van der Waals surface area (Å²) in [6, 6.07) is 0. The van der Waals surface area contributed by atoms with Gasteiger partial charge in [0.15, 0.2) is 0 Å². The Morgan fingerprint density at radius 1 is 1.31 bits per heavy atom. The van der Waals surface area contributed by atoms with E-state index in [-0.39, 0.29) is 11.8 Å². The molecular weight excluding hydrogens is 204 g/mol. The van der Waals surface area contributed by atoms with Crippen LogP contribution < -0.4 is 11.1 Å². The van der Waals surface area contributed by atoms with Crippen LogP contribution in [0.3, 0.4) is 0 Å². The zero-order chi connectivity index (χ0) is 12.6. The van der Waals surface area contributed by atoms with Gasteiger partial charge in [-0.1, -0.05) is 20.8 Å². The quantitative estimate of drug-likeness (QED) is 0.579. The van der Waals surface area contributed by atoms with Crippen molar-refractivity contribution >= 4 is 5.91 Å². The minimum Gasteiger partial charge on any atom is -0.391 e. The average Bonchev–Trinajstić information content (AvgIpc) is 2.23. The molecule has 0 aromatic carbocycles. The van der Waals surface area contributed by atoms with E-state index in [0.29, 0.717) is 25.4 Å². The first-order chi connectivity index (χ1) is 7.47. The lowest BCUT2D eigenvalue weighted by molar-refractivity contribution is -0.122. The smallest absolute Gasteiger partial charge is 0.220 e. The number of rotatable bonds is 8. The fraction of sp³-hybridized carbons (Fsp3) is 0.917. The minimum absolute atomic E-state index is 0.0172. The highest BCUT2D eigenvalue weighted by Gasteiger charge is 2.11. The van der Waals surface area contributed by atoms with Gasteiger partial charge in [-0.3, -0.25) is 4.79 Å².